The van der Waals surface area contributed by atoms with Gasteiger partial charge in [0.1, 0.15) is 17.2 Å². The fraction of sp³-hybridized carbons (Fsp3) is 0.200. The lowest BCUT2D eigenvalue weighted by atomic mass is 10.0. The minimum atomic E-state index is 0.648. The quantitative estimate of drug-likeness (QED) is 0.775. The van der Waals surface area contributed by atoms with E-state index in [1.165, 1.54) is 5.56 Å². The molecule has 3 rings (SSSR count). The Morgan fingerprint density at radius 1 is 1.00 bits per heavy atom. The summed E-state index contributed by atoms with van der Waals surface area (Å²) >= 11 is 0. The first-order valence-corrected chi connectivity index (χ1v) is 6.46. The molecule has 0 aliphatic carbocycles. The van der Waals surface area contributed by atoms with E-state index in [4.69, 9.17) is 5.73 Å². The van der Waals surface area contributed by atoms with Gasteiger partial charge in [0.05, 0.1) is 5.56 Å². The van der Waals surface area contributed by atoms with Crippen molar-refractivity contribution in [2.45, 2.75) is 6.92 Å². The van der Waals surface area contributed by atoms with Crippen molar-refractivity contribution in [2.24, 2.45) is 14.1 Å². The number of rotatable bonds is 2. The van der Waals surface area contributed by atoms with Gasteiger partial charge in [-0.25, -0.2) is 0 Å². The van der Waals surface area contributed by atoms with Crippen molar-refractivity contribution in [1.82, 2.24) is 19.6 Å². The largest absolute Gasteiger partial charge is 0.383 e. The fourth-order valence-corrected chi connectivity index (χ4v) is 2.26. The van der Waals surface area contributed by atoms with Crippen LogP contribution >= 0.6 is 0 Å². The van der Waals surface area contributed by atoms with Crippen LogP contribution in [0.5, 0.6) is 0 Å². The molecule has 0 aliphatic heterocycles. The van der Waals surface area contributed by atoms with Crippen LogP contribution in [-0.2, 0) is 14.1 Å². The van der Waals surface area contributed by atoms with Crippen LogP contribution < -0.4 is 5.73 Å². The highest BCUT2D eigenvalue weighted by atomic mass is 15.3. The van der Waals surface area contributed by atoms with Crippen molar-refractivity contribution in [1.29, 1.82) is 0 Å². The average Bonchev–Trinajstić information content (AvgIpc) is 2.97. The van der Waals surface area contributed by atoms with Gasteiger partial charge in [0.2, 0.25) is 0 Å². The van der Waals surface area contributed by atoms with Crippen LogP contribution in [0, 0.1) is 6.92 Å². The van der Waals surface area contributed by atoms with Crippen molar-refractivity contribution in [3.05, 3.63) is 42.1 Å². The van der Waals surface area contributed by atoms with E-state index in [9.17, 15) is 0 Å². The Hall–Kier alpha value is -2.56. The van der Waals surface area contributed by atoms with Crippen molar-refractivity contribution in [3.8, 4) is 22.5 Å². The first kappa shape index (κ1) is 12.5. The van der Waals surface area contributed by atoms with E-state index in [1.54, 1.807) is 9.36 Å². The van der Waals surface area contributed by atoms with Crippen LogP contribution in [0.2, 0.25) is 0 Å². The minimum absolute atomic E-state index is 0.648. The molecule has 0 saturated carbocycles. The Balaban J connectivity index is 2.21. The van der Waals surface area contributed by atoms with E-state index < -0.39 is 0 Å². The van der Waals surface area contributed by atoms with Crippen molar-refractivity contribution >= 4 is 5.82 Å². The Morgan fingerprint density at radius 2 is 1.70 bits per heavy atom. The topological polar surface area (TPSA) is 61.7 Å². The highest BCUT2D eigenvalue weighted by molar-refractivity contribution is 5.87. The summed E-state index contributed by atoms with van der Waals surface area (Å²) in [7, 11) is 3.74. The van der Waals surface area contributed by atoms with Gasteiger partial charge in [-0.2, -0.15) is 10.2 Å². The molecule has 0 unspecified atom stereocenters. The fourth-order valence-electron chi connectivity index (χ4n) is 2.26. The number of anilines is 1. The number of nitrogens with two attached hydrogens (primary N) is 1. The molecule has 5 nitrogen and oxygen atoms in total. The molecule has 3 aromatic rings. The molecule has 2 N–H and O–H groups in total. The zero-order valence-electron chi connectivity index (χ0n) is 11.8. The second-order valence-electron chi connectivity index (χ2n) is 4.97. The van der Waals surface area contributed by atoms with E-state index in [0.717, 1.165) is 22.5 Å². The molecular weight excluding hydrogens is 250 g/mol. The number of benzene rings is 1. The highest BCUT2D eigenvalue weighted by Crippen LogP contribution is 2.35. The van der Waals surface area contributed by atoms with Gasteiger partial charge in [-0.1, -0.05) is 29.8 Å². The number of aromatic nitrogens is 4. The summed E-state index contributed by atoms with van der Waals surface area (Å²) in [5.74, 6) is 0.648. The molecule has 2 heterocycles. The van der Waals surface area contributed by atoms with E-state index in [0.29, 0.717) is 5.82 Å². The molecule has 0 saturated heterocycles. The molecular formula is C15H17N5. The lowest BCUT2D eigenvalue weighted by Gasteiger charge is -2.03. The second kappa shape index (κ2) is 4.52. The maximum absolute atomic E-state index is 6.18. The van der Waals surface area contributed by atoms with Gasteiger partial charge in [0, 0.05) is 20.3 Å². The standard InChI is InChI=1S/C15H17N5/c1-10-4-6-11(7-5-10)13-14(18-20(3)15(13)16)12-8-9-19(2)17-12/h4-9H,16H2,1-3H3. The SMILES string of the molecule is Cc1ccc(-c2c(-c3ccn(C)n3)nn(C)c2N)cc1. The predicted octanol–water partition coefficient (Wildman–Crippen LogP) is 2.38. The third kappa shape index (κ3) is 1.97. The van der Waals surface area contributed by atoms with Gasteiger partial charge in [-0.15, -0.1) is 0 Å². The van der Waals surface area contributed by atoms with Gasteiger partial charge in [0.15, 0.2) is 0 Å². The molecule has 5 heteroatoms. The van der Waals surface area contributed by atoms with Gasteiger partial charge >= 0.3 is 0 Å². The Kier molecular flexibility index (Phi) is 2.82. The number of hydrogen-bond donors (Lipinski definition) is 1. The summed E-state index contributed by atoms with van der Waals surface area (Å²) < 4.78 is 3.46. The molecule has 2 aromatic heterocycles. The summed E-state index contributed by atoms with van der Waals surface area (Å²) in [6, 6.07) is 10.2. The summed E-state index contributed by atoms with van der Waals surface area (Å²) in [6.07, 6.45) is 1.90. The molecule has 0 fully saturated rings. The summed E-state index contributed by atoms with van der Waals surface area (Å²) in [5, 5.41) is 8.93. The lowest BCUT2D eigenvalue weighted by molar-refractivity contribution is 0.760. The molecule has 0 bridgehead atoms. The second-order valence-corrected chi connectivity index (χ2v) is 4.97. The van der Waals surface area contributed by atoms with Crippen molar-refractivity contribution in [2.75, 3.05) is 5.73 Å². The van der Waals surface area contributed by atoms with E-state index in [2.05, 4.69) is 41.4 Å². The van der Waals surface area contributed by atoms with Crippen molar-refractivity contribution in [3.63, 3.8) is 0 Å². The molecule has 1 aromatic carbocycles. The van der Waals surface area contributed by atoms with Crippen molar-refractivity contribution < 1.29 is 0 Å². The van der Waals surface area contributed by atoms with Gasteiger partial charge in [-0.3, -0.25) is 9.36 Å². The van der Waals surface area contributed by atoms with Gasteiger partial charge < -0.3 is 5.73 Å². The van der Waals surface area contributed by atoms with E-state index >= 15 is 0 Å². The third-order valence-corrected chi connectivity index (χ3v) is 3.39. The highest BCUT2D eigenvalue weighted by Gasteiger charge is 2.18. The lowest BCUT2D eigenvalue weighted by Crippen LogP contribution is -1.97. The van der Waals surface area contributed by atoms with Gasteiger partial charge in [-0.05, 0) is 18.6 Å². The van der Waals surface area contributed by atoms with Crippen LogP contribution in [0.4, 0.5) is 5.82 Å². The zero-order chi connectivity index (χ0) is 14.3. The summed E-state index contributed by atoms with van der Waals surface area (Å²) in [5.41, 5.74) is 11.0. The maximum Gasteiger partial charge on any atom is 0.129 e. The first-order chi connectivity index (χ1) is 9.56. The third-order valence-electron chi connectivity index (χ3n) is 3.39. The summed E-state index contributed by atoms with van der Waals surface area (Å²) in [4.78, 5) is 0. The first-order valence-electron chi connectivity index (χ1n) is 6.46. The maximum atomic E-state index is 6.18. The zero-order valence-corrected chi connectivity index (χ0v) is 11.8. The van der Waals surface area contributed by atoms with Crippen LogP contribution in [0.25, 0.3) is 22.5 Å². The van der Waals surface area contributed by atoms with Crippen LogP contribution in [-0.4, -0.2) is 19.6 Å². The molecule has 102 valence electrons. The number of hydrogen-bond acceptors (Lipinski definition) is 3. The number of aryl methyl sites for hydroxylation is 3. The number of nitrogen functional groups attached to an aromatic ring is 1. The molecule has 0 radical (unpaired) electrons. The Morgan fingerprint density at radius 3 is 2.30 bits per heavy atom. The molecule has 0 aliphatic rings. The molecule has 0 spiro atoms. The molecule has 0 amide bonds. The molecule has 0 atom stereocenters. The van der Waals surface area contributed by atoms with Crippen LogP contribution in [0.15, 0.2) is 36.5 Å². The summed E-state index contributed by atoms with van der Waals surface area (Å²) in [6.45, 7) is 2.07. The Bertz CT molecular complexity index is 749. The van der Waals surface area contributed by atoms with Gasteiger partial charge in [0.25, 0.3) is 0 Å². The van der Waals surface area contributed by atoms with Crippen LogP contribution in [0.1, 0.15) is 5.56 Å². The molecule has 20 heavy (non-hydrogen) atoms. The number of nitrogens with zero attached hydrogens (tertiary/aromatic N) is 4. The van der Waals surface area contributed by atoms with Crippen LogP contribution in [0.3, 0.4) is 0 Å². The monoisotopic (exact) mass is 267 g/mol. The predicted molar refractivity (Wildman–Crippen MR) is 80.0 cm³/mol. The minimum Gasteiger partial charge on any atom is -0.383 e. The van der Waals surface area contributed by atoms with E-state index in [1.807, 2.05) is 26.4 Å². The Labute approximate surface area is 117 Å². The van der Waals surface area contributed by atoms with E-state index in [-0.39, 0.29) is 0 Å². The average molecular weight is 267 g/mol. The smallest absolute Gasteiger partial charge is 0.129 e. The normalized spacial score (nSPS) is 10.9.